The number of rotatable bonds is 14. The van der Waals surface area contributed by atoms with E-state index in [2.05, 4.69) is 30.5 Å². The second-order valence-electron chi connectivity index (χ2n) is 18.9. The standard InChI is InChI=1S/C44H59N5O9S2/c1-13-26-19-44(26,40(52)48-60(54,55)27-14-15-27)20-31(50)36-25(5)34(21-49(36)39(51)37(42(6,7)8)47-41(53)58-43(9,10)11)57-33-18-29(38-46-30(22-59-38)23(2)3)45-35-24(4)32(56-12)17-16-28(33)35/h13,16-18,22-23,25-27,34,36-37H,1,14-15,19-21H2,2-12H3,(H,47,53)(H,48,52)/t25-,26-,34+,36+,37-,44-/m1/s1. The number of allylic oxidation sites excluding steroid dienone is 1. The minimum atomic E-state index is -3.90. The van der Waals surface area contributed by atoms with Crippen LogP contribution in [0.2, 0.25) is 0 Å². The van der Waals surface area contributed by atoms with Gasteiger partial charge in [0.1, 0.15) is 39.9 Å². The summed E-state index contributed by atoms with van der Waals surface area (Å²) in [5.41, 5.74) is -0.0650. The third-order valence-electron chi connectivity index (χ3n) is 11.7. The third-order valence-corrected chi connectivity index (χ3v) is 14.4. The number of Topliss-reactive ketones (excluding diaryl/α,β-unsaturated/α-hetero) is 1. The zero-order chi connectivity index (χ0) is 44.3. The van der Waals surface area contributed by atoms with Crippen molar-refractivity contribution in [3.63, 3.8) is 0 Å². The number of carbonyl (C=O) groups is 4. The fourth-order valence-corrected chi connectivity index (χ4v) is 10.3. The van der Waals surface area contributed by atoms with Crippen LogP contribution in [0.25, 0.3) is 21.6 Å². The number of ketones is 1. The minimum absolute atomic E-state index is 0.0395. The van der Waals surface area contributed by atoms with E-state index in [1.165, 1.54) is 16.2 Å². The maximum Gasteiger partial charge on any atom is 0.408 e. The van der Waals surface area contributed by atoms with Crippen LogP contribution in [0.4, 0.5) is 4.79 Å². The number of sulfonamides is 1. The van der Waals surface area contributed by atoms with Crippen molar-refractivity contribution < 1.29 is 41.8 Å². The average molecular weight is 866 g/mol. The van der Waals surface area contributed by atoms with Crippen molar-refractivity contribution in [2.75, 3.05) is 13.7 Å². The molecule has 0 bridgehead atoms. The van der Waals surface area contributed by atoms with E-state index >= 15 is 0 Å². The van der Waals surface area contributed by atoms with Crippen molar-refractivity contribution in [2.24, 2.45) is 22.7 Å². The minimum Gasteiger partial charge on any atom is -0.496 e. The molecule has 3 fully saturated rings. The number of hydrogen-bond donors (Lipinski definition) is 2. The normalized spacial score (nSPS) is 23.6. The van der Waals surface area contributed by atoms with Gasteiger partial charge in [-0.2, -0.15) is 0 Å². The molecule has 60 heavy (non-hydrogen) atoms. The summed E-state index contributed by atoms with van der Waals surface area (Å²) in [6, 6.07) is 3.29. The lowest BCUT2D eigenvalue weighted by Gasteiger charge is -2.36. The molecule has 3 amide bonds. The molecule has 2 aliphatic carbocycles. The lowest BCUT2D eigenvalue weighted by atomic mass is 9.84. The highest BCUT2D eigenvalue weighted by Crippen LogP contribution is 2.57. The van der Waals surface area contributed by atoms with Gasteiger partial charge in [-0.25, -0.2) is 23.2 Å². The first kappa shape index (κ1) is 45.0. The Labute approximate surface area is 357 Å². The van der Waals surface area contributed by atoms with Crippen molar-refractivity contribution in [1.29, 1.82) is 0 Å². The van der Waals surface area contributed by atoms with Gasteiger partial charge in [-0.15, -0.1) is 17.9 Å². The molecule has 0 radical (unpaired) electrons. The lowest BCUT2D eigenvalue weighted by molar-refractivity contribution is -0.143. The molecule has 1 saturated heterocycles. The predicted molar refractivity (Wildman–Crippen MR) is 230 cm³/mol. The molecule has 6 atom stereocenters. The molecule has 2 N–H and O–H groups in total. The summed E-state index contributed by atoms with van der Waals surface area (Å²) >= 11 is 1.47. The van der Waals surface area contributed by atoms with E-state index in [-0.39, 0.29) is 25.3 Å². The number of pyridine rings is 1. The van der Waals surface area contributed by atoms with Gasteiger partial charge in [-0.3, -0.25) is 19.1 Å². The Morgan fingerprint density at radius 1 is 1.08 bits per heavy atom. The molecule has 2 aromatic heterocycles. The number of ether oxygens (including phenoxy) is 3. The Morgan fingerprint density at radius 2 is 1.77 bits per heavy atom. The van der Waals surface area contributed by atoms with Gasteiger partial charge in [0.05, 0.1) is 41.6 Å². The van der Waals surface area contributed by atoms with Crippen LogP contribution in [0.5, 0.6) is 11.5 Å². The summed E-state index contributed by atoms with van der Waals surface area (Å²) in [4.78, 5) is 68.1. The molecule has 3 heterocycles. The SMILES string of the molecule is C=C[C@@H]1C[C@]1(CC(=O)[C@@H]1[C@H](C)[C@@H](Oc2cc(-c3nc(C(C)C)cs3)nc3c(C)c(OC)ccc23)CN1C(=O)[C@@H](NC(=O)OC(C)(C)C)C(C)(C)C)C(=O)NS(=O)(=O)C1CC1. The molecule has 3 aromatic rings. The van der Waals surface area contributed by atoms with Gasteiger partial charge in [-0.1, -0.05) is 47.6 Å². The summed E-state index contributed by atoms with van der Waals surface area (Å²) in [6.45, 7) is 22.3. The van der Waals surface area contributed by atoms with Crippen molar-refractivity contribution in [3.8, 4) is 22.2 Å². The molecule has 2 saturated carbocycles. The maximum atomic E-state index is 14.9. The van der Waals surface area contributed by atoms with Gasteiger partial charge in [0.25, 0.3) is 0 Å². The van der Waals surface area contributed by atoms with Crippen LogP contribution in [-0.2, 0) is 29.1 Å². The highest BCUT2D eigenvalue weighted by molar-refractivity contribution is 7.90. The van der Waals surface area contributed by atoms with Crippen LogP contribution in [0.3, 0.4) is 0 Å². The van der Waals surface area contributed by atoms with Gasteiger partial charge in [0, 0.05) is 34.7 Å². The van der Waals surface area contributed by atoms with Crippen LogP contribution in [0, 0.1) is 29.6 Å². The Kier molecular flexibility index (Phi) is 12.3. The van der Waals surface area contributed by atoms with Crippen molar-refractivity contribution in [3.05, 3.63) is 47.5 Å². The van der Waals surface area contributed by atoms with E-state index in [4.69, 9.17) is 24.2 Å². The van der Waals surface area contributed by atoms with E-state index in [9.17, 15) is 27.6 Å². The molecule has 6 rings (SSSR count). The number of methoxy groups -OCH3 is 1. The zero-order valence-corrected chi connectivity index (χ0v) is 38.1. The van der Waals surface area contributed by atoms with Crippen molar-refractivity contribution in [2.45, 2.75) is 130 Å². The quantitative estimate of drug-likeness (QED) is 0.158. The maximum absolute atomic E-state index is 14.9. The fourth-order valence-electron chi connectivity index (χ4n) is 7.97. The summed E-state index contributed by atoms with van der Waals surface area (Å²) in [5, 5.41) is 5.53. The smallest absolute Gasteiger partial charge is 0.408 e. The largest absolute Gasteiger partial charge is 0.496 e. The van der Waals surface area contributed by atoms with E-state index < -0.39 is 85.4 Å². The topological polar surface area (TPSA) is 183 Å². The van der Waals surface area contributed by atoms with E-state index in [1.807, 2.05) is 37.4 Å². The monoisotopic (exact) mass is 865 g/mol. The van der Waals surface area contributed by atoms with Gasteiger partial charge in [-0.05, 0) is 76.3 Å². The van der Waals surface area contributed by atoms with Crippen LogP contribution in [0.15, 0.2) is 36.2 Å². The van der Waals surface area contributed by atoms with Crippen molar-refractivity contribution in [1.82, 2.24) is 24.9 Å². The van der Waals surface area contributed by atoms with E-state index in [0.29, 0.717) is 45.9 Å². The van der Waals surface area contributed by atoms with Crippen LogP contribution in [0.1, 0.15) is 105 Å². The second kappa shape index (κ2) is 16.4. The number of aryl methyl sites for hydroxylation is 1. The number of hydrogen-bond acceptors (Lipinski definition) is 12. The molecule has 14 nitrogen and oxygen atoms in total. The summed E-state index contributed by atoms with van der Waals surface area (Å²) in [7, 11) is -2.30. The van der Waals surface area contributed by atoms with E-state index in [1.54, 1.807) is 54.7 Å². The number of thiazole rings is 1. The molecule has 1 aliphatic heterocycles. The number of benzene rings is 1. The van der Waals surface area contributed by atoms with Crippen molar-refractivity contribution >= 4 is 56.0 Å². The number of nitrogens with zero attached hydrogens (tertiary/aromatic N) is 3. The Morgan fingerprint density at radius 3 is 2.32 bits per heavy atom. The average Bonchev–Trinajstić information content (AvgIpc) is 4.05. The highest BCUT2D eigenvalue weighted by atomic mass is 32.2. The first-order chi connectivity index (χ1) is 27.9. The number of likely N-dealkylation sites (tertiary alicyclic amines) is 1. The summed E-state index contributed by atoms with van der Waals surface area (Å²) in [5.74, 6) is -1.45. The van der Waals surface area contributed by atoms with Gasteiger partial charge in [0.15, 0.2) is 5.78 Å². The molecule has 326 valence electrons. The van der Waals surface area contributed by atoms with Crippen LogP contribution in [-0.4, -0.2) is 89.7 Å². The van der Waals surface area contributed by atoms with Gasteiger partial charge < -0.3 is 24.4 Å². The predicted octanol–water partition coefficient (Wildman–Crippen LogP) is 7.09. The third kappa shape index (κ3) is 9.19. The molecular weight excluding hydrogens is 807 g/mol. The Bertz CT molecular complexity index is 2310. The van der Waals surface area contributed by atoms with Crippen LogP contribution < -0.4 is 19.5 Å². The number of nitrogens with one attached hydrogen (secondary N) is 2. The molecule has 3 aliphatic rings. The number of aromatic nitrogens is 2. The first-order valence-electron chi connectivity index (χ1n) is 20.5. The second-order valence-corrected chi connectivity index (χ2v) is 21.8. The zero-order valence-electron chi connectivity index (χ0n) is 36.5. The molecule has 0 unspecified atom stereocenters. The summed E-state index contributed by atoms with van der Waals surface area (Å²) in [6.07, 6.45) is 0.870. The Hall–Kier alpha value is -4.57. The molecular formula is C44H59N5O9S2. The Balaban J connectivity index is 1.40. The lowest BCUT2D eigenvalue weighted by Crippen LogP contribution is -2.58. The highest BCUT2D eigenvalue weighted by Gasteiger charge is 2.62. The number of carbonyl (C=O) groups excluding carboxylic acids is 4. The molecule has 16 heteroatoms. The fraction of sp³-hybridized carbons (Fsp3) is 0.591. The van der Waals surface area contributed by atoms with Crippen LogP contribution >= 0.6 is 11.3 Å². The number of alkyl carbamates (subject to hydrolysis) is 1. The molecule has 0 spiro atoms. The number of fused-ring (bicyclic) bond motifs is 1. The molecule has 1 aromatic carbocycles. The first-order valence-corrected chi connectivity index (χ1v) is 23.0. The number of amides is 3. The van der Waals surface area contributed by atoms with Gasteiger partial charge >= 0.3 is 6.09 Å². The van der Waals surface area contributed by atoms with Gasteiger partial charge in [0.2, 0.25) is 21.8 Å². The summed E-state index contributed by atoms with van der Waals surface area (Å²) < 4.78 is 46.1. The van der Waals surface area contributed by atoms with E-state index in [0.717, 1.165) is 11.3 Å².